The lowest BCUT2D eigenvalue weighted by Crippen LogP contribution is -1.98. The summed E-state index contributed by atoms with van der Waals surface area (Å²) in [5.41, 5.74) is 0.656. The third kappa shape index (κ3) is 3.06. The summed E-state index contributed by atoms with van der Waals surface area (Å²) in [7, 11) is 0. The van der Waals surface area contributed by atoms with Gasteiger partial charge in [0.1, 0.15) is 10.7 Å². The zero-order chi connectivity index (χ0) is 13.8. The molecular formula is C11H9N3O5. The van der Waals surface area contributed by atoms with Crippen LogP contribution in [0.4, 0.5) is 17.3 Å². The number of nitrogens with zero attached hydrogens (tertiary/aromatic N) is 2. The highest BCUT2D eigenvalue weighted by Crippen LogP contribution is 2.19. The lowest BCUT2D eigenvalue weighted by atomic mass is 10.3. The van der Waals surface area contributed by atoms with Gasteiger partial charge in [-0.1, -0.05) is 0 Å². The number of hydrogen-bond donors (Lipinski definition) is 1. The van der Waals surface area contributed by atoms with Crippen LogP contribution < -0.4 is 5.32 Å². The Morgan fingerprint density at radius 1 is 1.00 bits per heavy atom. The summed E-state index contributed by atoms with van der Waals surface area (Å²) in [6.07, 6.45) is 0. The third-order valence-electron chi connectivity index (χ3n) is 2.37. The van der Waals surface area contributed by atoms with Crippen molar-refractivity contribution < 1.29 is 14.3 Å². The average Bonchev–Trinajstić information content (AvgIpc) is 2.86. The minimum absolute atomic E-state index is 0.000753. The Morgan fingerprint density at radius 2 is 1.68 bits per heavy atom. The molecule has 0 aliphatic rings. The highest BCUT2D eigenvalue weighted by molar-refractivity contribution is 5.48. The van der Waals surface area contributed by atoms with Gasteiger partial charge in [0.25, 0.3) is 5.69 Å². The number of furan rings is 1. The Hall–Kier alpha value is -2.90. The van der Waals surface area contributed by atoms with E-state index in [1.165, 1.54) is 24.3 Å². The number of hydrogen-bond acceptors (Lipinski definition) is 6. The smallest absolute Gasteiger partial charge is 0.404 e. The van der Waals surface area contributed by atoms with E-state index in [9.17, 15) is 20.2 Å². The first-order valence-electron chi connectivity index (χ1n) is 5.27. The van der Waals surface area contributed by atoms with Crippen molar-refractivity contribution in [3.8, 4) is 0 Å². The SMILES string of the molecule is O=[N+]([O-])c1ccc(NCc2ccc([N+](=O)[O-])o2)cc1. The molecule has 1 aromatic heterocycles. The van der Waals surface area contributed by atoms with Gasteiger partial charge in [-0.25, -0.2) is 0 Å². The minimum atomic E-state index is -0.616. The van der Waals surface area contributed by atoms with Crippen LogP contribution in [0.25, 0.3) is 0 Å². The van der Waals surface area contributed by atoms with Gasteiger partial charge in [0.15, 0.2) is 0 Å². The van der Waals surface area contributed by atoms with E-state index in [-0.39, 0.29) is 18.1 Å². The van der Waals surface area contributed by atoms with Crippen LogP contribution in [0.2, 0.25) is 0 Å². The Labute approximate surface area is 107 Å². The maximum Gasteiger partial charge on any atom is 0.433 e. The molecule has 0 fully saturated rings. The van der Waals surface area contributed by atoms with Crippen LogP contribution in [0.5, 0.6) is 0 Å². The van der Waals surface area contributed by atoms with Gasteiger partial charge in [0, 0.05) is 17.8 Å². The van der Waals surface area contributed by atoms with Crippen molar-refractivity contribution in [3.63, 3.8) is 0 Å². The number of rotatable bonds is 5. The molecule has 2 aromatic rings. The maximum absolute atomic E-state index is 10.5. The highest BCUT2D eigenvalue weighted by atomic mass is 16.6. The lowest BCUT2D eigenvalue weighted by Gasteiger charge is -2.03. The van der Waals surface area contributed by atoms with Crippen LogP contribution in [0, 0.1) is 20.2 Å². The van der Waals surface area contributed by atoms with E-state index in [1.54, 1.807) is 12.1 Å². The van der Waals surface area contributed by atoms with Crippen LogP contribution >= 0.6 is 0 Å². The van der Waals surface area contributed by atoms with Gasteiger partial charge in [-0.2, -0.15) is 0 Å². The van der Waals surface area contributed by atoms with E-state index >= 15 is 0 Å². The first-order chi connectivity index (χ1) is 9.06. The van der Waals surface area contributed by atoms with E-state index in [2.05, 4.69) is 5.32 Å². The van der Waals surface area contributed by atoms with Crippen LogP contribution in [-0.2, 0) is 6.54 Å². The van der Waals surface area contributed by atoms with Crippen molar-refractivity contribution in [2.24, 2.45) is 0 Å². The second kappa shape index (κ2) is 5.17. The van der Waals surface area contributed by atoms with Crippen molar-refractivity contribution in [1.82, 2.24) is 0 Å². The summed E-state index contributed by atoms with van der Waals surface area (Å²) in [6.45, 7) is 0.256. The highest BCUT2D eigenvalue weighted by Gasteiger charge is 2.11. The monoisotopic (exact) mass is 263 g/mol. The molecule has 1 N–H and O–H groups in total. The maximum atomic E-state index is 10.5. The van der Waals surface area contributed by atoms with Crippen molar-refractivity contribution >= 4 is 17.3 Å². The number of nitro groups is 2. The second-order valence-corrected chi connectivity index (χ2v) is 3.65. The first-order valence-corrected chi connectivity index (χ1v) is 5.27. The molecule has 0 amide bonds. The first kappa shape index (κ1) is 12.6. The molecule has 0 saturated heterocycles. The summed E-state index contributed by atoms with van der Waals surface area (Å²) in [5, 5.41) is 23.8. The number of non-ortho nitro benzene ring substituents is 1. The normalized spacial score (nSPS) is 10.1. The van der Waals surface area contributed by atoms with Crippen molar-refractivity contribution in [2.45, 2.75) is 6.54 Å². The Bertz CT molecular complexity index is 605. The molecule has 0 bridgehead atoms. The van der Waals surface area contributed by atoms with Crippen molar-refractivity contribution in [3.05, 3.63) is 62.4 Å². The molecular weight excluding hydrogens is 254 g/mol. The molecule has 19 heavy (non-hydrogen) atoms. The minimum Gasteiger partial charge on any atom is -0.404 e. The molecule has 0 saturated carbocycles. The molecule has 8 heteroatoms. The summed E-state index contributed by atoms with van der Waals surface area (Å²) >= 11 is 0. The van der Waals surface area contributed by atoms with Crippen LogP contribution in [0.1, 0.15) is 5.76 Å². The van der Waals surface area contributed by atoms with Crippen LogP contribution in [0.15, 0.2) is 40.8 Å². The predicted octanol–water partition coefficient (Wildman–Crippen LogP) is 2.71. The average molecular weight is 263 g/mol. The van der Waals surface area contributed by atoms with E-state index in [1.807, 2.05) is 0 Å². The topological polar surface area (TPSA) is 111 Å². The van der Waals surface area contributed by atoms with Crippen molar-refractivity contribution in [2.75, 3.05) is 5.32 Å². The molecule has 0 atom stereocenters. The quantitative estimate of drug-likeness (QED) is 0.655. The van der Waals surface area contributed by atoms with Gasteiger partial charge in [-0.3, -0.25) is 20.2 Å². The zero-order valence-corrected chi connectivity index (χ0v) is 9.61. The van der Waals surface area contributed by atoms with Crippen LogP contribution in [-0.4, -0.2) is 9.85 Å². The number of benzene rings is 1. The van der Waals surface area contributed by atoms with Crippen molar-refractivity contribution in [1.29, 1.82) is 0 Å². The molecule has 0 aliphatic carbocycles. The van der Waals surface area contributed by atoms with Gasteiger partial charge < -0.3 is 9.73 Å². The molecule has 1 aromatic carbocycles. The Morgan fingerprint density at radius 3 is 2.21 bits per heavy atom. The summed E-state index contributed by atoms with van der Waals surface area (Å²) in [4.78, 5) is 19.8. The molecule has 8 nitrogen and oxygen atoms in total. The number of nitro benzene ring substituents is 1. The Kier molecular flexibility index (Phi) is 3.42. The summed E-state index contributed by atoms with van der Waals surface area (Å²) in [5.74, 6) is 0.0885. The van der Waals surface area contributed by atoms with Gasteiger partial charge in [0.2, 0.25) is 0 Å². The van der Waals surface area contributed by atoms with Gasteiger partial charge in [0.05, 0.1) is 17.5 Å². The largest absolute Gasteiger partial charge is 0.433 e. The molecule has 0 spiro atoms. The van der Waals surface area contributed by atoms with E-state index in [4.69, 9.17) is 4.42 Å². The number of nitrogens with one attached hydrogen (secondary N) is 1. The summed E-state index contributed by atoms with van der Waals surface area (Å²) < 4.78 is 4.96. The number of anilines is 1. The fourth-order valence-electron chi connectivity index (χ4n) is 1.45. The molecule has 98 valence electrons. The van der Waals surface area contributed by atoms with Gasteiger partial charge in [-0.05, 0) is 18.2 Å². The zero-order valence-electron chi connectivity index (χ0n) is 9.61. The van der Waals surface area contributed by atoms with Gasteiger partial charge in [-0.15, -0.1) is 0 Å². The predicted molar refractivity (Wildman–Crippen MR) is 65.8 cm³/mol. The molecule has 0 unspecified atom stereocenters. The fourth-order valence-corrected chi connectivity index (χ4v) is 1.45. The van der Waals surface area contributed by atoms with Crippen LogP contribution in [0.3, 0.4) is 0 Å². The van der Waals surface area contributed by atoms with E-state index in [0.717, 1.165) is 0 Å². The molecule has 1 heterocycles. The third-order valence-corrected chi connectivity index (χ3v) is 2.37. The van der Waals surface area contributed by atoms with E-state index in [0.29, 0.717) is 11.4 Å². The second-order valence-electron chi connectivity index (χ2n) is 3.65. The Balaban J connectivity index is 1.97. The lowest BCUT2D eigenvalue weighted by molar-refractivity contribution is -0.402. The summed E-state index contributed by atoms with van der Waals surface area (Å²) in [6, 6.07) is 8.61. The molecule has 0 radical (unpaired) electrons. The molecule has 0 aliphatic heterocycles. The van der Waals surface area contributed by atoms with E-state index < -0.39 is 9.85 Å². The molecule has 2 rings (SSSR count). The standard InChI is InChI=1S/C11H9N3O5/c15-13(16)9-3-1-8(2-4-9)12-7-10-5-6-11(19-10)14(17)18/h1-6,12H,7H2. The fraction of sp³-hybridized carbons (Fsp3) is 0.0909. The van der Waals surface area contributed by atoms with Gasteiger partial charge >= 0.3 is 5.88 Å².